The lowest BCUT2D eigenvalue weighted by Crippen LogP contribution is -2.25. The van der Waals surface area contributed by atoms with E-state index in [1.54, 1.807) is 49.6 Å². The second kappa shape index (κ2) is 11.4. The molecule has 4 rings (SSSR count). The van der Waals surface area contributed by atoms with Gasteiger partial charge in [-0.05, 0) is 71.3 Å². The molecule has 1 heterocycles. The number of rotatable bonds is 9. The highest BCUT2D eigenvalue weighted by Gasteiger charge is 2.21. The third kappa shape index (κ3) is 5.26. The van der Waals surface area contributed by atoms with E-state index >= 15 is 0 Å². The van der Waals surface area contributed by atoms with Crippen LogP contribution in [0.15, 0.2) is 71.5 Å². The Balaban J connectivity index is 1.98. The van der Waals surface area contributed by atoms with Crippen LogP contribution in [0.4, 0.5) is 0 Å². The van der Waals surface area contributed by atoms with Crippen LogP contribution in [0.3, 0.4) is 0 Å². The van der Waals surface area contributed by atoms with E-state index in [0.717, 1.165) is 0 Å². The lowest BCUT2D eigenvalue weighted by atomic mass is 9.97. The fourth-order valence-electron chi connectivity index (χ4n) is 4.31. The number of nitrogens with zero attached hydrogens (tertiary/aromatic N) is 2. The highest BCUT2D eigenvalue weighted by molar-refractivity contribution is 5.87. The topological polar surface area (TPSA) is 120 Å². The van der Waals surface area contributed by atoms with Crippen molar-refractivity contribution in [2.75, 3.05) is 28.4 Å². The van der Waals surface area contributed by atoms with Crippen molar-refractivity contribution < 1.29 is 28.8 Å². The number of nitriles is 1. The fraction of sp³-hybridized carbons (Fsp3) is 0.167. The summed E-state index contributed by atoms with van der Waals surface area (Å²) in [7, 11) is 6.04. The number of methoxy groups -OCH3 is 4. The summed E-state index contributed by atoms with van der Waals surface area (Å²) in [6, 6.07) is 20.7. The van der Waals surface area contributed by atoms with Gasteiger partial charge >= 0.3 is 5.97 Å². The minimum atomic E-state index is -1.04. The van der Waals surface area contributed by atoms with Crippen LogP contribution in [0.2, 0.25) is 0 Å². The summed E-state index contributed by atoms with van der Waals surface area (Å²) in [6.45, 7) is 0.115. The smallest absolute Gasteiger partial charge is 0.335 e. The SMILES string of the molecule is COc1ccc(-c2cc(-c3cc(OC)c(OC)c(OC)c3)c(C#N)c(=O)n2Cc2ccc(C(=O)O)cc2)cc1. The standard InChI is InChI=1S/C30H26N2O7/c1-36-22-11-9-19(10-12-22)25-15-23(21-13-26(37-2)28(39-4)27(14-21)38-3)24(16-31)29(33)32(25)17-18-5-7-20(8-6-18)30(34)35/h5-15H,17H2,1-4H3,(H,34,35). The van der Waals surface area contributed by atoms with Gasteiger partial charge in [0.15, 0.2) is 11.5 Å². The van der Waals surface area contributed by atoms with Crippen LogP contribution < -0.4 is 24.5 Å². The van der Waals surface area contributed by atoms with Crippen molar-refractivity contribution in [3.05, 3.63) is 93.8 Å². The van der Waals surface area contributed by atoms with Crippen molar-refractivity contribution in [1.29, 1.82) is 5.26 Å². The molecule has 0 aliphatic rings. The molecule has 0 bridgehead atoms. The van der Waals surface area contributed by atoms with Crippen LogP contribution in [0.25, 0.3) is 22.4 Å². The van der Waals surface area contributed by atoms with Crippen LogP contribution in [0, 0.1) is 11.3 Å². The van der Waals surface area contributed by atoms with E-state index in [4.69, 9.17) is 18.9 Å². The molecule has 4 aromatic rings. The number of ether oxygens (including phenoxy) is 4. The zero-order valence-corrected chi connectivity index (χ0v) is 21.8. The second-order valence-electron chi connectivity index (χ2n) is 8.47. The Morgan fingerprint density at radius 1 is 0.846 bits per heavy atom. The quantitative estimate of drug-likeness (QED) is 0.329. The molecule has 9 heteroatoms. The summed E-state index contributed by atoms with van der Waals surface area (Å²) in [4.78, 5) is 25.1. The van der Waals surface area contributed by atoms with Crippen molar-refractivity contribution in [1.82, 2.24) is 4.57 Å². The number of aromatic nitrogens is 1. The molecular formula is C30H26N2O7. The zero-order valence-electron chi connectivity index (χ0n) is 21.8. The monoisotopic (exact) mass is 526 g/mol. The van der Waals surface area contributed by atoms with Crippen LogP contribution in [-0.2, 0) is 6.54 Å². The van der Waals surface area contributed by atoms with Crippen LogP contribution in [0.1, 0.15) is 21.5 Å². The molecule has 0 saturated carbocycles. The molecule has 0 radical (unpaired) electrons. The van der Waals surface area contributed by atoms with E-state index in [1.165, 1.54) is 38.0 Å². The summed E-state index contributed by atoms with van der Waals surface area (Å²) in [5.41, 5.74) is 2.45. The molecule has 0 aliphatic carbocycles. The maximum absolute atomic E-state index is 13.9. The average Bonchev–Trinajstić information content (AvgIpc) is 2.97. The number of hydrogen-bond acceptors (Lipinski definition) is 7. The average molecular weight is 527 g/mol. The molecule has 1 aromatic heterocycles. The molecular weight excluding hydrogens is 500 g/mol. The predicted octanol–water partition coefficient (Wildman–Crippen LogP) is 4.83. The summed E-state index contributed by atoms with van der Waals surface area (Å²) < 4.78 is 23.2. The highest BCUT2D eigenvalue weighted by atomic mass is 16.5. The van der Waals surface area contributed by atoms with E-state index in [1.807, 2.05) is 12.1 Å². The Labute approximate surface area is 225 Å². The largest absolute Gasteiger partial charge is 0.497 e. The highest BCUT2D eigenvalue weighted by Crippen LogP contribution is 2.42. The van der Waals surface area contributed by atoms with Gasteiger partial charge in [0.2, 0.25) is 5.75 Å². The van der Waals surface area contributed by atoms with E-state index < -0.39 is 11.5 Å². The van der Waals surface area contributed by atoms with Crippen LogP contribution in [-0.4, -0.2) is 44.1 Å². The maximum atomic E-state index is 13.9. The fourth-order valence-corrected chi connectivity index (χ4v) is 4.31. The van der Waals surface area contributed by atoms with Crippen LogP contribution in [0.5, 0.6) is 23.0 Å². The summed E-state index contributed by atoms with van der Waals surface area (Å²) in [5, 5.41) is 19.3. The molecule has 9 nitrogen and oxygen atoms in total. The van der Waals surface area contributed by atoms with E-state index in [-0.39, 0.29) is 17.7 Å². The molecule has 0 unspecified atom stereocenters. The van der Waals surface area contributed by atoms with Gasteiger partial charge in [-0.1, -0.05) is 12.1 Å². The number of carboxylic acid groups (broad SMARTS) is 1. The molecule has 0 fully saturated rings. The zero-order chi connectivity index (χ0) is 28.1. The summed E-state index contributed by atoms with van der Waals surface area (Å²) >= 11 is 0. The van der Waals surface area contributed by atoms with Gasteiger partial charge in [-0.25, -0.2) is 4.79 Å². The Bertz CT molecular complexity index is 1590. The van der Waals surface area contributed by atoms with Gasteiger partial charge in [0.1, 0.15) is 17.4 Å². The summed E-state index contributed by atoms with van der Waals surface area (Å²) in [6.07, 6.45) is 0. The molecule has 3 aromatic carbocycles. The van der Waals surface area contributed by atoms with Gasteiger partial charge < -0.3 is 28.6 Å². The Morgan fingerprint density at radius 2 is 1.46 bits per heavy atom. The normalized spacial score (nSPS) is 10.4. The Kier molecular flexibility index (Phi) is 7.87. The second-order valence-corrected chi connectivity index (χ2v) is 8.47. The van der Waals surface area contributed by atoms with E-state index in [9.17, 15) is 20.0 Å². The molecule has 0 atom stereocenters. The molecule has 1 N–H and O–H groups in total. The third-order valence-electron chi connectivity index (χ3n) is 6.32. The molecule has 0 aliphatic heterocycles. The first kappa shape index (κ1) is 26.8. The van der Waals surface area contributed by atoms with Gasteiger partial charge in [0.25, 0.3) is 5.56 Å². The first-order valence-electron chi connectivity index (χ1n) is 11.8. The first-order chi connectivity index (χ1) is 18.8. The molecule has 39 heavy (non-hydrogen) atoms. The van der Waals surface area contributed by atoms with Crippen molar-refractivity contribution in [2.45, 2.75) is 6.54 Å². The Hall–Kier alpha value is -5.23. The van der Waals surface area contributed by atoms with Crippen molar-refractivity contribution in [2.24, 2.45) is 0 Å². The molecule has 0 amide bonds. The predicted molar refractivity (Wildman–Crippen MR) is 145 cm³/mol. The van der Waals surface area contributed by atoms with Gasteiger partial charge in [-0.3, -0.25) is 4.79 Å². The van der Waals surface area contributed by atoms with Gasteiger partial charge in [0, 0.05) is 5.56 Å². The Morgan fingerprint density at radius 3 is 1.95 bits per heavy atom. The molecule has 0 saturated heterocycles. The first-order valence-corrected chi connectivity index (χ1v) is 11.8. The van der Waals surface area contributed by atoms with Gasteiger partial charge in [0.05, 0.1) is 46.2 Å². The van der Waals surface area contributed by atoms with E-state index in [0.29, 0.717) is 50.9 Å². The summed E-state index contributed by atoms with van der Waals surface area (Å²) in [5.74, 6) is 0.749. The van der Waals surface area contributed by atoms with E-state index in [2.05, 4.69) is 6.07 Å². The lowest BCUT2D eigenvalue weighted by Gasteiger charge is -2.19. The number of carboxylic acids is 1. The number of pyridine rings is 1. The van der Waals surface area contributed by atoms with Crippen LogP contribution >= 0.6 is 0 Å². The van der Waals surface area contributed by atoms with Crippen molar-refractivity contribution >= 4 is 5.97 Å². The van der Waals surface area contributed by atoms with Gasteiger partial charge in [-0.15, -0.1) is 0 Å². The minimum Gasteiger partial charge on any atom is -0.497 e. The lowest BCUT2D eigenvalue weighted by molar-refractivity contribution is 0.0697. The third-order valence-corrected chi connectivity index (χ3v) is 6.32. The number of aromatic carboxylic acids is 1. The number of benzene rings is 3. The molecule has 198 valence electrons. The molecule has 0 spiro atoms. The minimum absolute atomic E-state index is 0.0660. The van der Waals surface area contributed by atoms with Crippen molar-refractivity contribution in [3.63, 3.8) is 0 Å². The maximum Gasteiger partial charge on any atom is 0.335 e. The number of carbonyl (C=O) groups is 1. The van der Waals surface area contributed by atoms with Crippen molar-refractivity contribution in [3.8, 4) is 51.5 Å². The van der Waals surface area contributed by atoms with Gasteiger partial charge in [-0.2, -0.15) is 5.26 Å². The number of hydrogen-bond donors (Lipinski definition) is 1.